The summed E-state index contributed by atoms with van der Waals surface area (Å²) in [6.45, 7) is 4.06. The van der Waals surface area contributed by atoms with Gasteiger partial charge in [-0.05, 0) is 26.1 Å². The third kappa shape index (κ3) is 5.28. The number of hydrogen-bond donors (Lipinski definition) is 1. The SMILES string of the molecule is CC(C)=C/C=C/N. The zero-order valence-electron chi connectivity index (χ0n) is 4.81. The molecule has 0 bridgehead atoms. The molecule has 0 radical (unpaired) electrons. The highest BCUT2D eigenvalue weighted by Gasteiger charge is 1.65. The van der Waals surface area contributed by atoms with E-state index in [1.54, 1.807) is 0 Å². The highest BCUT2D eigenvalue weighted by Crippen LogP contribution is 1.86. The van der Waals surface area contributed by atoms with Crippen LogP contribution >= 0.6 is 0 Å². The molecule has 0 fully saturated rings. The zero-order chi connectivity index (χ0) is 5.70. The van der Waals surface area contributed by atoms with E-state index >= 15 is 0 Å². The number of nitrogens with two attached hydrogens (primary N) is 1. The molecule has 40 valence electrons. The quantitative estimate of drug-likeness (QED) is 0.492. The summed E-state index contributed by atoms with van der Waals surface area (Å²) >= 11 is 0. The van der Waals surface area contributed by atoms with Crippen molar-refractivity contribution in [2.24, 2.45) is 5.73 Å². The van der Waals surface area contributed by atoms with Crippen molar-refractivity contribution < 1.29 is 0 Å². The van der Waals surface area contributed by atoms with Crippen LogP contribution in [0.15, 0.2) is 23.9 Å². The number of allylic oxidation sites excluding steroid dienone is 3. The Morgan fingerprint density at radius 3 is 2.14 bits per heavy atom. The third-order valence-electron chi connectivity index (χ3n) is 0.541. The Morgan fingerprint density at radius 1 is 1.43 bits per heavy atom. The second-order valence-corrected chi connectivity index (χ2v) is 1.63. The number of hydrogen-bond acceptors (Lipinski definition) is 1. The molecule has 2 N–H and O–H groups in total. The van der Waals surface area contributed by atoms with Crippen LogP contribution in [0.1, 0.15) is 13.8 Å². The second-order valence-electron chi connectivity index (χ2n) is 1.63. The lowest BCUT2D eigenvalue weighted by Gasteiger charge is -1.78. The van der Waals surface area contributed by atoms with Gasteiger partial charge in [0.15, 0.2) is 0 Å². The first-order valence-electron chi connectivity index (χ1n) is 2.29. The van der Waals surface area contributed by atoms with Gasteiger partial charge in [0.2, 0.25) is 0 Å². The fraction of sp³-hybridized carbons (Fsp3) is 0.333. The minimum atomic E-state index is 1.27. The van der Waals surface area contributed by atoms with Crippen LogP contribution in [0, 0.1) is 0 Å². The van der Waals surface area contributed by atoms with Gasteiger partial charge in [-0.3, -0.25) is 0 Å². The summed E-state index contributed by atoms with van der Waals surface area (Å²) in [5, 5.41) is 0. The average molecular weight is 97.2 g/mol. The molecule has 0 atom stereocenters. The molecule has 1 nitrogen and oxygen atoms in total. The molecule has 1 heteroatoms. The highest BCUT2D eigenvalue weighted by atomic mass is 14.5. The van der Waals surface area contributed by atoms with Crippen molar-refractivity contribution in [1.82, 2.24) is 0 Å². The van der Waals surface area contributed by atoms with E-state index in [4.69, 9.17) is 5.73 Å². The zero-order valence-corrected chi connectivity index (χ0v) is 4.81. The summed E-state index contributed by atoms with van der Waals surface area (Å²) in [6, 6.07) is 0. The van der Waals surface area contributed by atoms with Gasteiger partial charge in [-0.15, -0.1) is 0 Å². The largest absolute Gasteiger partial charge is 0.405 e. The van der Waals surface area contributed by atoms with Crippen molar-refractivity contribution in [2.75, 3.05) is 0 Å². The van der Waals surface area contributed by atoms with Crippen LogP contribution in [0.4, 0.5) is 0 Å². The van der Waals surface area contributed by atoms with Gasteiger partial charge in [-0.2, -0.15) is 0 Å². The smallest absolute Gasteiger partial charge is 0.00624 e. The van der Waals surface area contributed by atoms with Crippen LogP contribution in [0.3, 0.4) is 0 Å². The maximum atomic E-state index is 5.05. The van der Waals surface area contributed by atoms with Crippen molar-refractivity contribution in [3.8, 4) is 0 Å². The predicted octanol–water partition coefficient (Wildman–Crippen LogP) is 1.43. The molecule has 0 aromatic heterocycles. The van der Waals surface area contributed by atoms with Crippen molar-refractivity contribution >= 4 is 0 Å². The van der Waals surface area contributed by atoms with E-state index in [2.05, 4.69) is 0 Å². The normalized spacial score (nSPS) is 9.43. The summed E-state index contributed by atoms with van der Waals surface area (Å²) in [5.41, 5.74) is 6.32. The van der Waals surface area contributed by atoms with Crippen molar-refractivity contribution in [3.63, 3.8) is 0 Å². The second kappa shape index (κ2) is 3.47. The maximum Gasteiger partial charge on any atom is -0.00624 e. The molecule has 0 aromatic rings. The van der Waals surface area contributed by atoms with Crippen LogP contribution in [-0.2, 0) is 0 Å². The molecular formula is C6H11N. The molecule has 0 amide bonds. The lowest BCUT2D eigenvalue weighted by molar-refractivity contribution is 1.39. The standard InChI is InChI=1S/C6H11N/c1-6(2)4-3-5-7/h3-5H,7H2,1-2H3/b5-3+. The van der Waals surface area contributed by atoms with E-state index in [0.29, 0.717) is 0 Å². The van der Waals surface area contributed by atoms with E-state index in [-0.39, 0.29) is 0 Å². The van der Waals surface area contributed by atoms with Crippen molar-refractivity contribution in [1.29, 1.82) is 0 Å². The van der Waals surface area contributed by atoms with Crippen LogP contribution in [-0.4, -0.2) is 0 Å². The minimum Gasteiger partial charge on any atom is -0.405 e. The summed E-state index contributed by atoms with van der Waals surface area (Å²) in [5.74, 6) is 0. The molecule has 0 saturated heterocycles. The van der Waals surface area contributed by atoms with E-state index in [1.165, 1.54) is 11.8 Å². The predicted molar refractivity (Wildman–Crippen MR) is 32.8 cm³/mol. The van der Waals surface area contributed by atoms with Crippen molar-refractivity contribution in [3.05, 3.63) is 23.9 Å². The van der Waals surface area contributed by atoms with Crippen LogP contribution in [0.2, 0.25) is 0 Å². The summed E-state index contributed by atoms with van der Waals surface area (Å²) < 4.78 is 0. The lowest BCUT2D eigenvalue weighted by atomic mass is 10.3. The Labute approximate surface area is 44.5 Å². The monoisotopic (exact) mass is 97.1 g/mol. The molecule has 0 spiro atoms. The van der Waals surface area contributed by atoms with Gasteiger partial charge in [0.05, 0.1) is 0 Å². The number of rotatable bonds is 1. The Balaban J connectivity index is 3.46. The molecule has 7 heavy (non-hydrogen) atoms. The molecule has 0 aromatic carbocycles. The molecule has 0 aliphatic carbocycles. The summed E-state index contributed by atoms with van der Waals surface area (Å²) in [7, 11) is 0. The Morgan fingerprint density at radius 2 is 2.00 bits per heavy atom. The lowest BCUT2D eigenvalue weighted by Crippen LogP contribution is -1.72. The van der Waals surface area contributed by atoms with Crippen LogP contribution in [0.5, 0.6) is 0 Å². The van der Waals surface area contributed by atoms with Crippen LogP contribution in [0.25, 0.3) is 0 Å². The molecule has 0 unspecified atom stereocenters. The fourth-order valence-electron chi connectivity index (χ4n) is 0.248. The summed E-state index contributed by atoms with van der Waals surface area (Å²) in [6.07, 6.45) is 5.29. The van der Waals surface area contributed by atoms with Gasteiger partial charge in [0.1, 0.15) is 0 Å². The highest BCUT2D eigenvalue weighted by molar-refractivity contribution is 5.06. The Hall–Kier alpha value is -0.720. The topological polar surface area (TPSA) is 26.0 Å². The first-order chi connectivity index (χ1) is 3.27. The van der Waals surface area contributed by atoms with E-state index in [9.17, 15) is 0 Å². The van der Waals surface area contributed by atoms with Gasteiger partial charge in [0.25, 0.3) is 0 Å². The average Bonchev–Trinajstić information content (AvgIpc) is 1.61. The first-order valence-corrected chi connectivity index (χ1v) is 2.29. The van der Waals surface area contributed by atoms with E-state index < -0.39 is 0 Å². The van der Waals surface area contributed by atoms with Gasteiger partial charge < -0.3 is 5.73 Å². The Bertz CT molecular complexity index is 86.4. The fourth-order valence-corrected chi connectivity index (χ4v) is 0.248. The molecule has 0 aliphatic rings. The van der Waals surface area contributed by atoms with E-state index in [1.807, 2.05) is 26.0 Å². The van der Waals surface area contributed by atoms with Crippen LogP contribution < -0.4 is 5.73 Å². The third-order valence-corrected chi connectivity index (χ3v) is 0.541. The molecular weight excluding hydrogens is 86.1 g/mol. The minimum absolute atomic E-state index is 1.27. The Kier molecular flexibility index (Phi) is 3.11. The summed E-state index contributed by atoms with van der Waals surface area (Å²) in [4.78, 5) is 0. The molecule has 0 rings (SSSR count). The van der Waals surface area contributed by atoms with Gasteiger partial charge >= 0.3 is 0 Å². The van der Waals surface area contributed by atoms with Crippen molar-refractivity contribution in [2.45, 2.75) is 13.8 Å². The first kappa shape index (κ1) is 6.28. The molecule has 0 aliphatic heterocycles. The van der Waals surface area contributed by atoms with Gasteiger partial charge in [0, 0.05) is 0 Å². The van der Waals surface area contributed by atoms with Gasteiger partial charge in [-0.1, -0.05) is 11.6 Å². The van der Waals surface area contributed by atoms with E-state index in [0.717, 1.165) is 0 Å². The molecule has 0 heterocycles. The maximum absolute atomic E-state index is 5.05. The molecule has 0 saturated carbocycles. The van der Waals surface area contributed by atoms with Gasteiger partial charge in [-0.25, -0.2) is 0 Å².